The van der Waals surface area contributed by atoms with E-state index in [1.165, 1.54) is 23.2 Å². The summed E-state index contributed by atoms with van der Waals surface area (Å²) in [5.74, 6) is 2.90. The third-order valence-electron chi connectivity index (χ3n) is 5.39. The van der Waals surface area contributed by atoms with Crippen LogP contribution in [-0.4, -0.2) is 23.9 Å². The zero-order chi connectivity index (χ0) is 26.4. The second kappa shape index (κ2) is 11.0. The van der Waals surface area contributed by atoms with Crippen LogP contribution in [-0.2, 0) is 0 Å². The normalized spacial score (nSPS) is 11.5. The largest absolute Gasteiger partial charge is 0.383 e. The van der Waals surface area contributed by atoms with Gasteiger partial charge in [-0.1, -0.05) is 41.6 Å². The summed E-state index contributed by atoms with van der Waals surface area (Å²) in [6, 6.07) is 21.2. The highest BCUT2D eigenvalue weighted by atomic mass is 19.2. The Bertz CT molecular complexity index is 1470. The molecule has 37 heavy (non-hydrogen) atoms. The summed E-state index contributed by atoms with van der Waals surface area (Å²) in [7, 11) is 1.67. The number of anilines is 3. The quantitative estimate of drug-likeness (QED) is 0.107. The third-order valence-corrected chi connectivity index (χ3v) is 5.39. The smallest absolute Gasteiger partial charge is 0.326 e. The summed E-state index contributed by atoms with van der Waals surface area (Å²) >= 11 is 0. The molecule has 0 radical (unpaired) electrons. The molecular formula is C26H22F2N8O. The molecular weight excluding hydrogens is 478 g/mol. The number of aliphatic imine (C=N–C) groups is 1. The van der Waals surface area contributed by atoms with Gasteiger partial charge in [0.25, 0.3) is 0 Å². The molecule has 0 spiro atoms. The first-order valence-corrected chi connectivity index (χ1v) is 11.0. The van der Waals surface area contributed by atoms with Gasteiger partial charge >= 0.3 is 6.03 Å². The number of rotatable bonds is 5. The Kier molecular flexibility index (Phi) is 7.43. The molecule has 4 rings (SSSR count). The van der Waals surface area contributed by atoms with E-state index in [0.29, 0.717) is 11.3 Å². The predicted octanol–water partition coefficient (Wildman–Crippen LogP) is 5.68. The highest BCUT2D eigenvalue weighted by Gasteiger charge is 2.15. The minimum atomic E-state index is -1.15. The molecule has 0 aliphatic carbocycles. The molecule has 2 amide bonds. The van der Waals surface area contributed by atoms with E-state index in [1.54, 1.807) is 37.4 Å². The first kappa shape index (κ1) is 24.9. The van der Waals surface area contributed by atoms with Crippen LogP contribution in [0.1, 0.15) is 5.56 Å². The van der Waals surface area contributed by atoms with Crippen molar-refractivity contribution < 1.29 is 13.6 Å². The summed E-state index contributed by atoms with van der Waals surface area (Å²) in [4.78, 5) is 22.3. The van der Waals surface area contributed by atoms with Crippen molar-refractivity contribution >= 4 is 34.7 Å². The van der Waals surface area contributed by atoms with Gasteiger partial charge in [-0.05, 0) is 48.0 Å². The number of para-hydroxylation sites is 1. The average Bonchev–Trinajstić information content (AvgIpc) is 2.92. The number of urea groups is 1. The van der Waals surface area contributed by atoms with E-state index in [-0.39, 0.29) is 28.9 Å². The van der Waals surface area contributed by atoms with E-state index in [2.05, 4.69) is 25.6 Å². The van der Waals surface area contributed by atoms with Gasteiger partial charge in [0.15, 0.2) is 17.5 Å². The zero-order valence-corrected chi connectivity index (χ0v) is 19.6. The van der Waals surface area contributed by atoms with Crippen molar-refractivity contribution in [1.29, 1.82) is 0 Å². The molecule has 5 N–H and O–H groups in total. The number of pyridine rings is 1. The van der Waals surface area contributed by atoms with E-state index in [4.69, 9.17) is 11.6 Å². The van der Waals surface area contributed by atoms with Gasteiger partial charge < -0.3 is 16.9 Å². The highest BCUT2D eigenvalue weighted by Crippen LogP contribution is 2.27. The van der Waals surface area contributed by atoms with Crippen LogP contribution in [0.3, 0.4) is 0 Å². The third kappa shape index (κ3) is 5.73. The maximum Gasteiger partial charge on any atom is 0.326 e. The van der Waals surface area contributed by atoms with E-state index in [9.17, 15) is 13.6 Å². The number of carbonyl (C=O) groups is 1. The van der Waals surface area contributed by atoms with Crippen LogP contribution in [0, 0.1) is 11.6 Å². The topological polar surface area (TPSA) is 134 Å². The summed E-state index contributed by atoms with van der Waals surface area (Å²) in [5.41, 5.74) is 8.65. The Balaban J connectivity index is 1.59. The zero-order valence-electron chi connectivity index (χ0n) is 19.6. The monoisotopic (exact) mass is 500 g/mol. The lowest BCUT2D eigenvalue weighted by molar-refractivity contribution is 0.258. The first-order chi connectivity index (χ1) is 17.9. The Morgan fingerprint density at radius 3 is 2.41 bits per heavy atom. The number of nitrogens with zero attached hydrogens (tertiary/aromatic N) is 5. The maximum atomic E-state index is 14.2. The van der Waals surface area contributed by atoms with Gasteiger partial charge in [0.1, 0.15) is 11.5 Å². The van der Waals surface area contributed by atoms with Crippen LogP contribution in [0.4, 0.5) is 36.5 Å². The number of benzene rings is 3. The fraction of sp³-hybridized carbons (Fsp3) is 0.0385. The molecule has 1 aromatic heterocycles. The molecule has 0 aliphatic rings. The molecule has 9 nitrogen and oxygen atoms in total. The number of hydrogen-bond acceptors (Lipinski definition) is 5. The number of carbonyl (C=O) groups excluding carboxylic acids is 1. The van der Waals surface area contributed by atoms with Gasteiger partial charge in [0.2, 0.25) is 0 Å². The number of hydrogen-bond donors (Lipinski definition) is 3. The van der Waals surface area contributed by atoms with E-state index in [0.717, 1.165) is 17.3 Å². The second-order valence-electron chi connectivity index (χ2n) is 7.78. The maximum absolute atomic E-state index is 14.2. The van der Waals surface area contributed by atoms with Crippen molar-refractivity contribution in [2.75, 3.05) is 23.0 Å². The number of amides is 2. The highest BCUT2D eigenvalue weighted by molar-refractivity contribution is 6.05. The minimum absolute atomic E-state index is 0.0412. The van der Waals surface area contributed by atoms with Crippen LogP contribution < -0.4 is 21.8 Å². The molecule has 0 aliphatic heterocycles. The average molecular weight is 501 g/mol. The van der Waals surface area contributed by atoms with Crippen LogP contribution in [0.2, 0.25) is 0 Å². The number of aromatic nitrogens is 1. The van der Waals surface area contributed by atoms with Gasteiger partial charge in [-0.2, -0.15) is 0 Å². The SMILES string of the molecule is CN(C(=O)Nc1ccc(-c2cnc(N)c(C(N=NN)=Nc3cccc(F)c3F)c2)cc1)c1ccccc1. The molecule has 0 bridgehead atoms. The second-order valence-corrected chi connectivity index (χ2v) is 7.78. The molecule has 0 unspecified atom stereocenters. The Hall–Kier alpha value is -5.19. The molecule has 0 saturated carbocycles. The van der Waals surface area contributed by atoms with E-state index in [1.807, 2.05) is 30.3 Å². The summed E-state index contributed by atoms with van der Waals surface area (Å²) < 4.78 is 27.8. The summed E-state index contributed by atoms with van der Waals surface area (Å²) in [6.45, 7) is 0. The molecule has 0 saturated heterocycles. The van der Waals surface area contributed by atoms with E-state index < -0.39 is 11.6 Å². The number of nitrogens with two attached hydrogens (primary N) is 2. The van der Waals surface area contributed by atoms with Gasteiger partial charge in [-0.15, -0.1) is 5.11 Å². The van der Waals surface area contributed by atoms with Gasteiger partial charge in [-0.3, -0.25) is 4.90 Å². The molecule has 11 heteroatoms. The molecule has 4 aromatic rings. The van der Waals surface area contributed by atoms with Crippen LogP contribution in [0.15, 0.2) is 100 Å². The van der Waals surface area contributed by atoms with Gasteiger partial charge in [-0.25, -0.2) is 23.6 Å². The Labute approximate surface area is 211 Å². The molecule has 0 fully saturated rings. The fourth-order valence-electron chi connectivity index (χ4n) is 3.42. The van der Waals surface area contributed by atoms with Crippen LogP contribution in [0.25, 0.3) is 11.1 Å². The molecule has 1 heterocycles. The van der Waals surface area contributed by atoms with E-state index >= 15 is 0 Å². The number of amidine groups is 1. The predicted molar refractivity (Wildman–Crippen MR) is 140 cm³/mol. The Morgan fingerprint density at radius 2 is 1.70 bits per heavy atom. The van der Waals surface area contributed by atoms with Crippen LogP contribution >= 0.6 is 0 Å². The Morgan fingerprint density at radius 1 is 0.973 bits per heavy atom. The lowest BCUT2D eigenvalue weighted by Gasteiger charge is -2.18. The summed E-state index contributed by atoms with van der Waals surface area (Å²) in [6.07, 6.45) is 1.54. The molecule has 3 aromatic carbocycles. The number of nitrogen functional groups attached to an aromatic ring is 1. The van der Waals surface area contributed by atoms with Gasteiger partial charge in [0, 0.05) is 30.2 Å². The lowest BCUT2D eigenvalue weighted by Crippen LogP contribution is -2.31. The van der Waals surface area contributed by atoms with Crippen LogP contribution in [0.5, 0.6) is 0 Å². The standard InChI is InChI=1S/C26H22F2N8O/c1-36(19-6-3-2-4-7-19)26(37)32-18-12-10-16(11-13-18)17-14-20(24(29)31-15-17)25(34-35-30)33-22-9-5-8-21(27)23(22)28/h2-15H,1H3,(H2,29,31)(H,32,37)(H2,30,33,34). The minimum Gasteiger partial charge on any atom is -0.383 e. The first-order valence-electron chi connectivity index (χ1n) is 11.0. The number of nitrogens with one attached hydrogen (secondary N) is 1. The summed E-state index contributed by atoms with van der Waals surface area (Å²) in [5, 5.41) is 9.80. The van der Waals surface area contributed by atoms with Crippen molar-refractivity contribution in [2.24, 2.45) is 21.2 Å². The lowest BCUT2D eigenvalue weighted by atomic mass is 10.0. The molecule has 186 valence electrons. The molecule has 0 atom stereocenters. The van der Waals surface area contributed by atoms with Gasteiger partial charge in [0.05, 0.1) is 5.56 Å². The fourth-order valence-corrected chi connectivity index (χ4v) is 3.42. The van der Waals surface area contributed by atoms with Crippen molar-refractivity contribution in [3.8, 4) is 11.1 Å². The van der Waals surface area contributed by atoms with Crippen molar-refractivity contribution in [1.82, 2.24) is 4.98 Å². The van der Waals surface area contributed by atoms with Crippen molar-refractivity contribution in [3.05, 3.63) is 102 Å². The van der Waals surface area contributed by atoms with Crippen molar-refractivity contribution in [2.45, 2.75) is 0 Å². The number of halogens is 2. The van der Waals surface area contributed by atoms with Crippen molar-refractivity contribution in [3.63, 3.8) is 0 Å².